The second-order valence-electron chi connectivity index (χ2n) is 7.47. The van der Waals surface area contributed by atoms with Gasteiger partial charge in [-0.3, -0.25) is 0 Å². The van der Waals surface area contributed by atoms with Crippen molar-refractivity contribution in [3.63, 3.8) is 0 Å². The average Bonchev–Trinajstić information content (AvgIpc) is 2.72. The van der Waals surface area contributed by atoms with Crippen LogP contribution in [0, 0.1) is 0 Å². The summed E-state index contributed by atoms with van der Waals surface area (Å²) in [6.45, 7) is 15.5. The molecule has 116 valence electrons. The fraction of sp³-hybridized carbons (Fsp3) is 0.867. The molecule has 1 saturated heterocycles. The summed E-state index contributed by atoms with van der Waals surface area (Å²) in [5.74, 6) is 2.38. The second kappa shape index (κ2) is 5.65. The molecule has 0 amide bonds. The lowest BCUT2D eigenvalue weighted by Crippen LogP contribution is -2.49. The van der Waals surface area contributed by atoms with Crippen LogP contribution in [0.2, 0.25) is 18.1 Å². The van der Waals surface area contributed by atoms with E-state index in [0.29, 0.717) is 0 Å². The van der Waals surface area contributed by atoms with Crippen LogP contribution in [0.5, 0.6) is 0 Å². The molecule has 0 aromatic rings. The number of aliphatic hydroxyl groups is 1. The Morgan fingerprint density at radius 1 is 1.25 bits per heavy atom. The lowest BCUT2D eigenvalue weighted by atomic mass is 9.90. The van der Waals surface area contributed by atoms with Gasteiger partial charge in [0.15, 0.2) is 8.32 Å². The van der Waals surface area contributed by atoms with E-state index in [1.165, 1.54) is 11.5 Å². The molecule has 20 heavy (non-hydrogen) atoms. The van der Waals surface area contributed by atoms with Crippen molar-refractivity contribution in [1.82, 2.24) is 0 Å². The summed E-state index contributed by atoms with van der Waals surface area (Å²) in [6.07, 6.45) is 1.46. The highest BCUT2D eigenvalue weighted by molar-refractivity contribution is 8.21. The van der Waals surface area contributed by atoms with Gasteiger partial charge in [-0.15, -0.1) is 23.5 Å². The topological polar surface area (TPSA) is 29.5 Å². The summed E-state index contributed by atoms with van der Waals surface area (Å²) in [5, 5.41) is 10.6. The standard InChI is InChI=1S/C15H28O2S2Si/c1-11-12(16)9-15(18-7-8-19-15)10-13(11)17-20(5,6)14(2,3)4/h12-13,16H,1,7-10H2,2-6H3/t12?,13-/m1/s1. The fourth-order valence-electron chi connectivity index (χ4n) is 2.52. The van der Waals surface area contributed by atoms with Crippen molar-refractivity contribution in [3.8, 4) is 0 Å². The highest BCUT2D eigenvalue weighted by Gasteiger charge is 2.48. The predicted molar refractivity (Wildman–Crippen MR) is 94.1 cm³/mol. The minimum absolute atomic E-state index is 0.0257. The van der Waals surface area contributed by atoms with Gasteiger partial charge in [-0.25, -0.2) is 0 Å². The number of rotatable bonds is 2. The van der Waals surface area contributed by atoms with E-state index in [-0.39, 0.29) is 15.2 Å². The van der Waals surface area contributed by atoms with Crippen LogP contribution in [0.25, 0.3) is 0 Å². The maximum atomic E-state index is 10.4. The van der Waals surface area contributed by atoms with Crippen LogP contribution in [0.15, 0.2) is 12.2 Å². The van der Waals surface area contributed by atoms with Gasteiger partial charge in [-0.05, 0) is 23.7 Å². The van der Waals surface area contributed by atoms with Crippen LogP contribution < -0.4 is 0 Å². The highest BCUT2D eigenvalue weighted by atomic mass is 32.2. The van der Waals surface area contributed by atoms with Crippen LogP contribution in [-0.4, -0.2) is 41.2 Å². The molecule has 1 spiro atoms. The van der Waals surface area contributed by atoms with Gasteiger partial charge in [-0.1, -0.05) is 27.4 Å². The Kier molecular flexibility index (Phi) is 4.79. The van der Waals surface area contributed by atoms with Crippen molar-refractivity contribution in [2.75, 3.05) is 11.5 Å². The maximum Gasteiger partial charge on any atom is 0.192 e. The first-order valence-electron chi connectivity index (χ1n) is 7.39. The minimum atomic E-state index is -1.82. The summed E-state index contributed by atoms with van der Waals surface area (Å²) in [7, 11) is -1.82. The highest BCUT2D eigenvalue weighted by Crippen LogP contribution is 2.55. The van der Waals surface area contributed by atoms with E-state index in [1.807, 2.05) is 23.5 Å². The molecule has 2 rings (SSSR count). The number of thioether (sulfide) groups is 2. The lowest BCUT2D eigenvalue weighted by Gasteiger charge is -2.46. The van der Waals surface area contributed by atoms with Crippen molar-refractivity contribution in [1.29, 1.82) is 0 Å². The summed E-state index contributed by atoms with van der Waals surface area (Å²) < 4.78 is 6.73. The summed E-state index contributed by atoms with van der Waals surface area (Å²) in [6, 6.07) is 0. The number of hydrogen-bond acceptors (Lipinski definition) is 4. The zero-order valence-electron chi connectivity index (χ0n) is 13.4. The van der Waals surface area contributed by atoms with Gasteiger partial charge in [0.25, 0.3) is 0 Å². The largest absolute Gasteiger partial charge is 0.410 e. The third-order valence-electron chi connectivity index (χ3n) is 4.90. The summed E-state index contributed by atoms with van der Waals surface area (Å²) in [4.78, 5) is 0. The third kappa shape index (κ3) is 3.32. The van der Waals surface area contributed by atoms with Gasteiger partial charge in [0, 0.05) is 24.3 Å². The molecular weight excluding hydrogens is 304 g/mol. The Labute approximate surface area is 133 Å². The first-order chi connectivity index (χ1) is 9.06. The molecule has 2 nitrogen and oxygen atoms in total. The molecule has 0 bridgehead atoms. The van der Waals surface area contributed by atoms with Crippen LogP contribution in [-0.2, 0) is 4.43 Å². The van der Waals surface area contributed by atoms with Gasteiger partial charge < -0.3 is 9.53 Å². The molecule has 2 atom stereocenters. The maximum absolute atomic E-state index is 10.4. The Bertz CT molecular complexity index is 384. The van der Waals surface area contributed by atoms with E-state index in [0.717, 1.165) is 18.4 Å². The molecule has 0 aromatic carbocycles. The predicted octanol–water partition coefficient (Wildman–Crippen LogP) is 4.26. The molecule has 1 aliphatic heterocycles. The monoisotopic (exact) mass is 332 g/mol. The van der Waals surface area contributed by atoms with Gasteiger partial charge in [0.2, 0.25) is 0 Å². The molecule has 1 N–H and O–H groups in total. The van der Waals surface area contributed by atoms with E-state index in [2.05, 4.69) is 40.4 Å². The van der Waals surface area contributed by atoms with E-state index in [4.69, 9.17) is 4.43 Å². The Balaban J connectivity index is 2.15. The first kappa shape index (κ1) is 16.9. The van der Waals surface area contributed by atoms with Gasteiger partial charge in [0.1, 0.15) is 0 Å². The van der Waals surface area contributed by atoms with Crippen molar-refractivity contribution < 1.29 is 9.53 Å². The van der Waals surface area contributed by atoms with Crippen molar-refractivity contribution in [2.45, 2.75) is 68.0 Å². The van der Waals surface area contributed by atoms with Crippen molar-refractivity contribution in [2.24, 2.45) is 0 Å². The SMILES string of the molecule is C=C1C(O)CC2(C[C@H]1O[Si](C)(C)C(C)(C)C)SCCS2. The number of aliphatic hydroxyl groups excluding tert-OH is 1. The number of hydrogen-bond donors (Lipinski definition) is 1. The van der Waals surface area contributed by atoms with Crippen LogP contribution in [0.1, 0.15) is 33.6 Å². The van der Waals surface area contributed by atoms with Crippen LogP contribution in [0.3, 0.4) is 0 Å². The summed E-state index contributed by atoms with van der Waals surface area (Å²) >= 11 is 4.01. The molecular formula is C15H28O2S2Si. The summed E-state index contributed by atoms with van der Waals surface area (Å²) in [5.41, 5.74) is 0.897. The van der Waals surface area contributed by atoms with Gasteiger partial charge >= 0.3 is 0 Å². The van der Waals surface area contributed by atoms with Gasteiger partial charge in [-0.2, -0.15) is 0 Å². The zero-order valence-corrected chi connectivity index (χ0v) is 16.0. The first-order valence-corrected chi connectivity index (χ1v) is 12.3. The van der Waals surface area contributed by atoms with E-state index < -0.39 is 14.4 Å². The third-order valence-corrected chi connectivity index (χ3v) is 12.9. The van der Waals surface area contributed by atoms with Crippen molar-refractivity contribution in [3.05, 3.63) is 12.2 Å². The minimum Gasteiger partial charge on any atom is -0.410 e. The molecule has 1 saturated carbocycles. The molecule has 2 fully saturated rings. The van der Waals surface area contributed by atoms with E-state index in [1.54, 1.807) is 0 Å². The molecule has 5 heteroatoms. The molecule has 1 unspecified atom stereocenters. The molecule has 0 radical (unpaired) electrons. The van der Waals surface area contributed by atoms with Crippen LogP contribution >= 0.6 is 23.5 Å². The van der Waals surface area contributed by atoms with Crippen molar-refractivity contribution >= 4 is 31.8 Å². The lowest BCUT2D eigenvalue weighted by molar-refractivity contribution is 0.104. The van der Waals surface area contributed by atoms with Gasteiger partial charge in [0.05, 0.1) is 16.3 Å². The quantitative estimate of drug-likeness (QED) is 0.604. The zero-order chi connectivity index (χ0) is 15.2. The molecule has 1 aliphatic carbocycles. The second-order valence-corrected chi connectivity index (χ2v) is 15.4. The molecule has 1 heterocycles. The Hall–Kier alpha value is 0.577. The van der Waals surface area contributed by atoms with E-state index >= 15 is 0 Å². The van der Waals surface area contributed by atoms with E-state index in [9.17, 15) is 5.11 Å². The fourth-order valence-corrected chi connectivity index (χ4v) is 7.15. The smallest absolute Gasteiger partial charge is 0.192 e. The Morgan fingerprint density at radius 2 is 1.80 bits per heavy atom. The molecule has 0 aromatic heterocycles. The van der Waals surface area contributed by atoms with Crippen LogP contribution in [0.4, 0.5) is 0 Å². The molecule has 2 aliphatic rings. The normalized spacial score (nSPS) is 31.0. The Morgan fingerprint density at radius 3 is 2.30 bits per heavy atom. The average molecular weight is 333 g/mol.